The molecule has 1 atom stereocenters. The Balaban J connectivity index is 1.30. The third-order valence-electron chi connectivity index (χ3n) is 5.95. The molecule has 180 valence electrons. The van der Waals surface area contributed by atoms with Gasteiger partial charge in [-0.1, -0.05) is 36.4 Å². The Morgan fingerprint density at radius 3 is 2.19 bits per heavy atom. The number of benzene rings is 3. The van der Waals surface area contributed by atoms with Crippen molar-refractivity contribution in [3.63, 3.8) is 0 Å². The van der Waals surface area contributed by atoms with Crippen LogP contribution < -0.4 is 15.2 Å². The molecule has 4 aromatic rings. The van der Waals surface area contributed by atoms with E-state index in [1.54, 1.807) is 36.2 Å². The lowest BCUT2D eigenvalue weighted by molar-refractivity contribution is -0.678. The van der Waals surface area contributed by atoms with Crippen molar-refractivity contribution < 1.29 is 18.8 Å². The van der Waals surface area contributed by atoms with Crippen LogP contribution in [0.5, 0.6) is 0 Å². The quantitative estimate of drug-likeness (QED) is 0.246. The van der Waals surface area contributed by atoms with Crippen LogP contribution in [0.4, 0.5) is 17.1 Å². The standard InChI is InChI=1S/C26H22N6O4/c1-30(17-23-26(35)36-29-32(23)21-10-6-3-7-11-21)22-16-24(33)31(25(22)34)20-14-12-19(13-15-20)28-27-18-8-4-2-5-9-18/h2-15,22H,16-17H2,1H3/p+1. The highest BCUT2D eigenvalue weighted by molar-refractivity contribution is 6.22. The van der Waals surface area contributed by atoms with E-state index in [9.17, 15) is 14.4 Å². The third-order valence-corrected chi connectivity index (χ3v) is 5.95. The summed E-state index contributed by atoms with van der Waals surface area (Å²) in [5, 5.41) is 11.0. The maximum atomic E-state index is 13.2. The van der Waals surface area contributed by atoms with Crippen molar-refractivity contribution in [1.29, 1.82) is 0 Å². The second-order valence-corrected chi connectivity index (χ2v) is 8.35. The van der Waals surface area contributed by atoms with Gasteiger partial charge in [-0.15, -0.1) is 0 Å². The molecule has 36 heavy (non-hydrogen) atoms. The van der Waals surface area contributed by atoms with E-state index in [1.807, 2.05) is 60.7 Å². The molecule has 1 aromatic heterocycles. The molecule has 3 aromatic carbocycles. The van der Waals surface area contributed by atoms with Gasteiger partial charge in [0.25, 0.3) is 5.91 Å². The van der Waals surface area contributed by atoms with Crippen LogP contribution in [0.3, 0.4) is 0 Å². The molecule has 2 heterocycles. The van der Waals surface area contributed by atoms with Crippen molar-refractivity contribution in [2.24, 2.45) is 10.2 Å². The normalized spacial score (nSPS) is 15.9. The molecule has 0 aliphatic carbocycles. The number of para-hydroxylation sites is 1. The molecule has 1 unspecified atom stereocenters. The second-order valence-electron chi connectivity index (χ2n) is 8.35. The predicted molar refractivity (Wildman–Crippen MR) is 130 cm³/mol. The van der Waals surface area contributed by atoms with Crippen molar-refractivity contribution in [1.82, 2.24) is 10.2 Å². The SMILES string of the molecule is CN(Cc1c(=O)o[nH][n+]1-c1ccccc1)C1CC(=O)N(c2ccc(N=Nc3ccccc3)cc2)C1=O. The van der Waals surface area contributed by atoms with Gasteiger partial charge in [0.05, 0.1) is 36.1 Å². The van der Waals surface area contributed by atoms with Crippen LogP contribution in [0.2, 0.25) is 0 Å². The first-order valence-corrected chi connectivity index (χ1v) is 11.3. The Hall–Kier alpha value is -4.70. The molecule has 10 nitrogen and oxygen atoms in total. The first kappa shape index (κ1) is 23.1. The van der Waals surface area contributed by atoms with E-state index in [0.717, 1.165) is 5.69 Å². The maximum absolute atomic E-state index is 13.2. The molecule has 1 N–H and O–H groups in total. The predicted octanol–water partition coefficient (Wildman–Crippen LogP) is 3.42. The minimum Gasteiger partial charge on any atom is -0.284 e. The minimum atomic E-state index is -0.714. The number of carbonyl (C=O) groups excluding carboxylic acids is 2. The van der Waals surface area contributed by atoms with E-state index in [2.05, 4.69) is 15.5 Å². The summed E-state index contributed by atoms with van der Waals surface area (Å²) in [5.41, 5.74) is 2.27. The van der Waals surface area contributed by atoms with Crippen molar-refractivity contribution in [3.05, 3.63) is 101 Å². The number of hydrogen-bond acceptors (Lipinski definition) is 7. The fourth-order valence-electron chi connectivity index (χ4n) is 4.07. The summed E-state index contributed by atoms with van der Waals surface area (Å²) in [6, 6.07) is 24.5. The Labute approximate surface area is 206 Å². The number of anilines is 1. The Morgan fingerprint density at radius 2 is 1.53 bits per heavy atom. The van der Waals surface area contributed by atoms with Crippen LogP contribution in [0.15, 0.2) is 104 Å². The summed E-state index contributed by atoms with van der Waals surface area (Å²) in [4.78, 5) is 41.2. The number of imide groups is 1. The number of nitrogens with one attached hydrogen (secondary N) is 1. The zero-order chi connectivity index (χ0) is 25.1. The number of hydrogen-bond donors (Lipinski definition) is 1. The number of likely N-dealkylation sites (N-methyl/N-ethyl adjacent to an activating group) is 1. The summed E-state index contributed by atoms with van der Waals surface area (Å²) < 4.78 is 6.52. The zero-order valence-electron chi connectivity index (χ0n) is 19.4. The Morgan fingerprint density at radius 1 is 0.917 bits per heavy atom. The average Bonchev–Trinajstić information content (AvgIpc) is 3.42. The maximum Gasteiger partial charge on any atom is 0.431 e. The lowest BCUT2D eigenvalue weighted by atomic mass is 10.2. The molecule has 0 radical (unpaired) electrons. The first-order chi connectivity index (χ1) is 17.5. The van der Waals surface area contributed by atoms with Crippen LogP contribution in [0, 0.1) is 0 Å². The largest absolute Gasteiger partial charge is 0.431 e. The Kier molecular flexibility index (Phi) is 6.33. The van der Waals surface area contributed by atoms with E-state index >= 15 is 0 Å². The van der Waals surface area contributed by atoms with Crippen LogP contribution in [-0.2, 0) is 16.1 Å². The van der Waals surface area contributed by atoms with Gasteiger partial charge in [0.2, 0.25) is 11.6 Å². The van der Waals surface area contributed by atoms with Gasteiger partial charge in [-0.3, -0.25) is 19.0 Å². The molecule has 5 rings (SSSR count). The number of aromatic nitrogens is 2. The molecule has 0 saturated carbocycles. The van der Waals surface area contributed by atoms with Gasteiger partial charge in [0, 0.05) is 12.1 Å². The summed E-state index contributed by atoms with van der Waals surface area (Å²) in [6.07, 6.45) is 0.00585. The van der Waals surface area contributed by atoms with Crippen molar-refractivity contribution in [3.8, 4) is 5.69 Å². The van der Waals surface area contributed by atoms with Crippen LogP contribution in [0.25, 0.3) is 5.69 Å². The third kappa shape index (κ3) is 4.62. The highest BCUT2D eigenvalue weighted by Crippen LogP contribution is 2.28. The Bertz CT molecular complexity index is 1460. The minimum absolute atomic E-state index is 0.00585. The van der Waals surface area contributed by atoms with Crippen molar-refractivity contribution in [2.75, 3.05) is 11.9 Å². The number of nitrogens with zero attached hydrogens (tertiary/aromatic N) is 5. The van der Waals surface area contributed by atoms with E-state index < -0.39 is 11.7 Å². The lowest BCUT2D eigenvalue weighted by Crippen LogP contribution is -2.45. The number of H-pyrrole nitrogens is 1. The van der Waals surface area contributed by atoms with Gasteiger partial charge >= 0.3 is 11.3 Å². The van der Waals surface area contributed by atoms with E-state index in [-0.39, 0.29) is 24.8 Å². The van der Waals surface area contributed by atoms with Crippen LogP contribution in [0.1, 0.15) is 12.1 Å². The summed E-state index contributed by atoms with van der Waals surface area (Å²) >= 11 is 0. The van der Waals surface area contributed by atoms with Gasteiger partial charge < -0.3 is 0 Å². The molecule has 1 saturated heterocycles. The fourth-order valence-corrected chi connectivity index (χ4v) is 4.07. The molecule has 2 amide bonds. The molecule has 1 aliphatic heterocycles. The van der Waals surface area contributed by atoms with Crippen molar-refractivity contribution >= 4 is 28.9 Å². The monoisotopic (exact) mass is 483 g/mol. The highest BCUT2D eigenvalue weighted by Gasteiger charge is 2.43. The number of aromatic amines is 1. The molecule has 10 heteroatoms. The number of carbonyl (C=O) groups is 2. The van der Waals surface area contributed by atoms with Crippen molar-refractivity contribution in [2.45, 2.75) is 19.0 Å². The lowest BCUT2D eigenvalue weighted by Gasteiger charge is -2.20. The summed E-state index contributed by atoms with van der Waals surface area (Å²) in [7, 11) is 1.70. The van der Waals surface area contributed by atoms with Gasteiger partial charge in [-0.25, -0.2) is 9.69 Å². The highest BCUT2D eigenvalue weighted by atomic mass is 16.5. The molecular formula is C26H23N6O4+. The summed E-state index contributed by atoms with van der Waals surface area (Å²) in [6.45, 7) is 0.108. The fraction of sp³-hybridized carbons (Fsp3) is 0.154. The first-order valence-electron chi connectivity index (χ1n) is 11.3. The van der Waals surface area contributed by atoms with E-state index in [0.29, 0.717) is 22.8 Å². The summed E-state index contributed by atoms with van der Waals surface area (Å²) in [5.74, 6) is -0.667. The molecule has 1 aliphatic rings. The smallest absolute Gasteiger partial charge is 0.284 e. The number of azo groups is 1. The zero-order valence-corrected chi connectivity index (χ0v) is 19.4. The topological polar surface area (TPSA) is 115 Å². The molecule has 0 bridgehead atoms. The molecule has 0 spiro atoms. The van der Waals surface area contributed by atoms with Gasteiger partial charge in [0.1, 0.15) is 0 Å². The number of rotatable bonds is 7. The van der Waals surface area contributed by atoms with Gasteiger partial charge in [0.15, 0.2) is 0 Å². The van der Waals surface area contributed by atoms with E-state index in [1.165, 1.54) is 9.58 Å². The van der Waals surface area contributed by atoms with E-state index in [4.69, 9.17) is 4.52 Å². The second kappa shape index (κ2) is 9.88. The number of amides is 2. The molecule has 1 fully saturated rings. The van der Waals surface area contributed by atoms with Crippen LogP contribution >= 0.6 is 0 Å². The van der Waals surface area contributed by atoms with Gasteiger partial charge in [-0.2, -0.15) is 10.2 Å². The molecular weight excluding hydrogens is 460 g/mol. The van der Waals surface area contributed by atoms with Gasteiger partial charge in [-0.05, 0) is 53.4 Å². The van der Waals surface area contributed by atoms with Crippen LogP contribution in [-0.4, -0.2) is 35.1 Å². The average molecular weight is 484 g/mol.